The number of benzene rings is 1. The van der Waals surface area contributed by atoms with Gasteiger partial charge in [-0.15, -0.1) is 0 Å². The number of carbonyl (C=O) groups is 1. The van der Waals surface area contributed by atoms with Gasteiger partial charge in [-0.1, -0.05) is 6.07 Å². The highest BCUT2D eigenvalue weighted by Gasteiger charge is 2.10. The van der Waals surface area contributed by atoms with Crippen molar-refractivity contribution in [1.82, 2.24) is 15.5 Å². The van der Waals surface area contributed by atoms with Gasteiger partial charge in [0.25, 0.3) is 0 Å². The van der Waals surface area contributed by atoms with Crippen LogP contribution in [-0.4, -0.2) is 70.6 Å². The molecule has 0 radical (unpaired) electrons. The Morgan fingerprint density at radius 3 is 2.68 bits per heavy atom. The van der Waals surface area contributed by atoms with Gasteiger partial charge in [0, 0.05) is 32.7 Å². The third-order valence-corrected chi connectivity index (χ3v) is 4.04. The maximum atomic E-state index is 11.8. The number of hydrogen-bond acceptors (Lipinski definition) is 5. The van der Waals surface area contributed by atoms with Crippen molar-refractivity contribution in [2.75, 3.05) is 59.7 Å². The predicted octanol–water partition coefficient (Wildman–Crippen LogP) is 1.27. The van der Waals surface area contributed by atoms with Crippen molar-refractivity contribution in [2.45, 2.75) is 13.3 Å². The molecule has 7 heteroatoms. The molecule has 2 amide bonds. The molecule has 2 rings (SSSR count). The van der Waals surface area contributed by atoms with Gasteiger partial charge in [0.2, 0.25) is 0 Å². The summed E-state index contributed by atoms with van der Waals surface area (Å²) in [6.45, 7) is 8.02. The van der Waals surface area contributed by atoms with Gasteiger partial charge in [-0.25, -0.2) is 4.79 Å². The number of amides is 2. The van der Waals surface area contributed by atoms with Crippen LogP contribution in [0.3, 0.4) is 0 Å². The zero-order valence-corrected chi connectivity index (χ0v) is 15.2. The summed E-state index contributed by atoms with van der Waals surface area (Å²) >= 11 is 0. The van der Waals surface area contributed by atoms with E-state index < -0.39 is 0 Å². The lowest BCUT2D eigenvalue weighted by atomic mass is 10.1. The molecule has 7 nitrogen and oxygen atoms in total. The van der Waals surface area contributed by atoms with Crippen LogP contribution in [0.4, 0.5) is 4.79 Å². The summed E-state index contributed by atoms with van der Waals surface area (Å²) in [6, 6.07) is 5.71. The summed E-state index contributed by atoms with van der Waals surface area (Å²) in [7, 11) is 1.63. The van der Waals surface area contributed by atoms with Gasteiger partial charge in [0.1, 0.15) is 0 Å². The number of hydrogen-bond donors (Lipinski definition) is 2. The van der Waals surface area contributed by atoms with Gasteiger partial charge in [-0.2, -0.15) is 0 Å². The van der Waals surface area contributed by atoms with E-state index in [1.807, 2.05) is 25.1 Å². The lowest BCUT2D eigenvalue weighted by Gasteiger charge is -2.26. The second-order valence-electron chi connectivity index (χ2n) is 5.80. The SMILES string of the molecule is CCOc1ccc(CCNC(=O)NCCN2CCOCC2)cc1OC. The summed E-state index contributed by atoms with van der Waals surface area (Å²) in [6.07, 6.45) is 0.736. The molecule has 1 fully saturated rings. The van der Waals surface area contributed by atoms with E-state index in [9.17, 15) is 4.79 Å². The third kappa shape index (κ3) is 6.80. The predicted molar refractivity (Wildman–Crippen MR) is 96.5 cm³/mol. The van der Waals surface area contributed by atoms with Crippen LogP contribution < -0.4 is 20.1 Å². The van der Waals surface area contributed by atoms with Crippen molar-refractivity contribution in [3.05, 3.63) is 23.8 Å². The average Bonchev–Trinajstić information content (AvgIpc) is 2.64. The highest BCUT2D eigenvalue weighted by molar-refractivity contribution is 5.73. The molecule has 1 aromatic carbocycles. The highest BCUT2D eigenvalue weighted by Crippen LogP contribution is 2.28. The largest absolute Gasteiger partial charge is 0.493 e. The normalized spacial score (nSPS) is 14.8. The molecule has 0 bridgehead atoms. The molecular weight excluding hydrogens is 322 g/mol. The molecular formula is C18H29N3O4. The minimum atomic E-state index is -0.133. The number of rotatable bonds is 9. The number of nitrogens with zero attached hydrogens (tertiary/aromatic N) is 1. The van der Waals surface area contributed by atoms with Crippen LogP contribution in [0.2, 0.25) is 0 Å². The van der Waals surface area contributed by atoms with Crippen molar-refractivity contribution in [1.29, 1.82) is 0 Å². The first kappa shape index (κ1) is 19.3. The molecule has 1 aliphatic heterocycles. The zero-order chi connectivity index (χ0) is 17.9. The molecule has 1 saturated heterocycles. The number of nitrogens with one attached hydrogen (secondary N) is 2. The van der Waals surface area contributed by atoms with Crippen LogP contribution in [0.25, 0.3) is 0 Å². The molecule has 2 N–H and O–H groups in total. The first-order valence-corrected chi connectivity index (χ1v) is 8.84. The average molecular weight is 351 g/mol. The fourth-order valence-electron chi connectivity index (χ4n) is 2.68. The molecule has 1 heterocycles. The van der Waals surface area contributed by atoms with Crippen molar-refractivity contribution in [3.8, 4) is 11.5 Å². The molecule has 0 unspecified atom stereocenters. The minimum absolute atomic E-state index is 0.133. The van der Waals surface area contributed by atoms with Crippen molar-refractivity contribution >= 4 is 6.03 Å². The van der Waals surface area contributed by atoms with Crippen LogP contribution in [-0.2, 0) is 11.2 Å². The Hall–Kier alpha value is -1.99. The first-order valence-electron chi connectivity index (χ1n) is 8.84. The Morgan fingerprint density at radius 2 is 1.96 bits per heavy atom. The Labute approximate surface area is 149 Å². The van der Waals surface area contributed by atoms with Gasteiger partial charge in [-0.3, -0.25) is 4.90 Å². The van der Waals surface area contributed by atoms with Crippen LogP contribution in [0.15, 0.2) is 18.2 Å². The van der Waals surface area contributed by atoms with E-state index >= 15 is 0 Å². The number of carbonyl (C=O) groups excluding carboxylic acids is 1. The number of ether oxygens (including phenoxy) is 3. The molecule has 25 heavy (non-hydrogen) atoms. The van der Waals surface area contributed by atoms with Crippen molar-refractivity contribution in [2.24, 2.45) is 0 Å². The van der Waals surface area contributed by atoms with Gasteiger partial charge in [0.15, 0.2) is 11.5 Å². The van der Waals surface area contributed by atoms with Gasteiger partial charge in [-0.05, 0) is 31.0 Å². The quantitative estimate of drug-likeness (QED) is 0.701. The Kier molecular flexibility index (Phi) is 8.34. The fourth-order valence-corrected chi connectivity index (χ4v) is 2.68. The van der Waals surface area contributed by atoms with E-state index in [2.05, 4.69) is 15.5 Å². The lowest BCUT2D eigenvalue weighted by molar-refractivity contribution is 0.0387. The Balaban J connectivity index is 1.64. The molecule has 0 atom stereocenters. The van der Waals surface area contributed by atoms with Crippen molar-refractivity contribution in [3.63, 3.8) is 0 Å². The van der Waals surface area contributed by atoms with Crippen molar-refractivity contribution < 1.29 is 19.0 Å². The molecule has 0 aliphatic carbocycles. The third-order valence-electron chi connectivity index (χ3n) is 4.04. The summed E-state index contributed by atoms with van der Waals surface area (Å²) < 4.78 is 16.1. The first-order chi connectivity index (χ1) is 12.2. The lowest BCUT2D eigenvalue weighted by Crippen LogP contribution is -2.44. The van der Waals surface area contributed by atoms with Gasteiger partial charge in [0.05, 0.1) is 26.9 Å². The standard InChI is InChI=1S/C18H29N3O4/c1-3-25-16-5-4-15(14-17(16)23-2)6-7-19-18(22)20-8-9-21-10-12-24-13-11-21/h4-5,14H,3,6-13H2,1-2H3,(H2,19,20,22). The van der Waals surface area contributed by atoms with Gasteiger partial charge < -0.3 is 24.8 Å². The van der Waals surface area contributed by atoms with Crippen LogP contribution >= 0.6 is 0 Å². The zero-order valence-electron chi connectivity index (χ0n) is 15.2. The van der Waals surface area contributed by atoms with E-state index in [1.165, 1.54) is 0 Å². The number of urea groups is 1. The van der Waals surface area contributed by atoms with Crippen LogP contribution in [0, 0.1) is 0 Å². The molecule has 0 spiro atoms. The highest BCUT2D eigenvalue weighted by atomic mass is 16.5. The smallest absolute Gasteiger partial charge is 0.314 e. The van der Waals surface area contributed by atoms with Gasteiger partial charge >= 0.3 is 6.03 Å². The second kappa shape index (κ2) is 10.8. The molecule has 1 aromatic rings. The van der Waals surface area contributed by atoms with E-state index in [0.29, 0.717) is 25.4 Å². The van der Waals surface area contributed by atoms with E-state index in [0.717, 1.165) is 50.6 Å². The van der Waals surface area contributed by atoms with E-state index in [-0.39, 0.29) is 6.03 Å². The summed E-state index contributed by atoms with van der Waals surface area (Å²) in [5, 5.41) is 5.77. The molecule has 140 valence electrons. The summed E-state index contributed by atoms with van der Waals surface area (Å²) in [4.78, 5) is 14.1. The second-order valence-corrected chi connectivity index (χ2v) is 5.80. The van der Waals surface area contributed by atoms with Crippen LogP contribution in [0.5, 0.6) is 11.5 Å². The molecule has 0 aromatic heterocycles. The van der Waals surface area contributed by atoms with E-state index in [4.69, 9.17) is 14.2 Å². The summed E-state index contributed by atoms with van der Waals surface area (Å²) in [5.74, 6) is 1.46. The maximum Gasteiger partial charge on any atom is 0.314 e. The summed E-state index contributed by atoms with van der Waals surface area (Å²) in [5.41, 5.74) is 1.09. The topological polar surface area (TPSA) is 72.1 Å². The monoisotopic (exact) mass is 351 g/mol. The number of methoxy groups -OCH3 is 1. The molecule has 1 aliphatic rings. The Bertz CT molecular complexity index is 533. The fraction of sp³-hybridized carbons (Fsp3) is 0.611. The van der Waals surface area contributed by atoms with E-state index in [1.54, 1.807) is 7.11 Å². The maximum absolute atomic E-state index is 11.8. The van der Waals surface area contributed by atoms with Crippen LogP contribution in [0.1, 0.15) is 12.5 Å². The number of morpholine rings is 1. The Morgan fingerprint density at radius 1 is 1.20 bits per heavy atom. The minimum Gasteiger partial charge on any atom is -0.493 e. The molecule has 0 saturated carbocycles.